The summed E-state index contributed by atoms with van der Waals surface area (Å²) in [4.78, 5) is 38.3. The van der Waals surface area contributed by atoms with Crippen LogP contribution in [0.5, 0.6) is 0 Å². The molecule has 0 aliphatic carbocycles. The first kappa shape index (κ1) is 30.7. The maximum Gasteiger partial charge on any atom is 0.303 e. The van der Waals surface area contributed by atoms with Gasteiger partial charge in [0.05, 0.1) is 25.1 Å². The standard InChI is InChI=1S/C35H38N3O3SSi/c1-25(39)41-30(29-24-36-22-23-37-29)35(43(5)6)31(40)38(33(2,3)4)32(35)42-34(26-16-10-7-11-17-26,27-18-12-8-13-19-27)28-20-14-9-15-21-28/h7-24,30,32H,1-6H3. The summed E-state index contributed by atoms with van der Waals surface area (Å²) in [6.07, 6.45) is 3.91. The number of benzene rings is 3. The molecule has 1 amide bonds. The van der Waals surface area contributed by atoms with Crippen molar-refractivity contribution in [3.8, 4) is 0 Å². The molecule has 3 aromatic carbocycles. The Balaban J connectivity index is 1.82. The molecule has 1 aliphatic heterocycles. The van der Waals surface area contributed by atoms with Crippen molar-refractivity contribution >= 4 is 32.4 Å². The molecule has 4 aromatic rings. The molecular weight excluding hydrogens is 571 g/mol. The van der Waals surface area contributed by atoms with Crippen molar-refractivity contribution in [1.29, 1.82) is 0 Å². The Morgan fingerprint density at radius 1 is 0.884 bits per heavy atom. The van der Waals surface area contributed by atoms with Gasteiger partial charge in [0.25, 0.3) is 0 Å². The van der Waals surface area contributed by atoms with E-state index in [1.54, 1.807) is 30.4 Å². The van der Waals surface area contributed by atoms with E-state index in [-0.39, 0.29) is 11.3 Å². The summed E-state index contributed by atoms with van der Waals surface area (Å²) in [6, 6.07) is 31.4. The molecule has 1 radical (unpaired) electrons. The van der Waals surface area contributed by atoms with E-state index in [2.05, 4.69) is 117 Å². The predicted octanol–water partition coefficient (Wildman–Crippen LogP) is 7.27. The van der Waals surface area contributed by atoms with Gasteiger partial charge in [-0.15, -0.1) is 11.8 Å². The van der Waals surface area contributed by atoms with Gasteiger partial charge >= 0.3 is 5.97 Å². The van der Waals surface area contributed by atoms with E-state index >= 15 is 0 Å². The van der Waals surface area contributed by atoms with E-state index in [1.165, 1.54) is 6.92 Å². The molecule has 5 rings (SSSR count). The van der Waals surface area contributed by atoms with Crippen LogP contribution in [0.3, 0.4) is 0 Å². The second-order valence-electron chi connectivity index (χ2n) is 12.1. The zero-order valence-electron chi connectivity index (χ0n) is 25.5. The lowest BCUT2D eigenvalue weighted by atomic mass is 9.83. The van der Waals surface area contributed by atoms with Gasteiger partial charge in [0.2, 0.25) is 5.91 Å². The molecule has 8 heteroatoms. The average molecular weight is 609 g/mol. The molecule has 6 nitrogen and oxygen atoms in total. The van der Waals surface area contributed by atoms with Crippen LogP contribution in [0.15, 0.2) is 110 Å². The minimum absolute atomic E-state index is 0.0172. The lowest BCUT2D eigenvalue weighted by Crippen LogP contribution is -2.74. The van der Waals surface area contributed by atoms with Gasteiger partial charge in [-0.1, -0.05) is 104 Å². The summed E-state index contributed by atoms with van der Waals surface area (Å²) in [6.45, 7) is 11.9. The lowest BCUT2D eigenvalue weighted by Gasteiger charge is -2.64. The van der Waals surface area contributed by atoms with Crippen LogP contribution in [-0.4, -0.2) is 46.5 Å². The molecule has 1 aromatic heterocycles. The molecule has 0 saturated carbocycles. The molecule has 3 unspecified atom stereocenters. The van der Waals surface area contributed by atoms with Crippen molar-refractivity contribution in [1.82, 2.24) is 14.9 Å². The van der Waals surface area contributed by atoms with Crippen LogP contribution in [-0.2, 0) is 19.1 Å². The minimum Gasteiger partial charge on any atom is -0.455 e. The smallest absolute Gasteiger partial charge is 0.303 e. The Kier molecular flexibility index (Phi) is 8.63. The number of carbonyl (C=O) groups is 2. The monoisotopic (exact) mass is 608 g/mol. The number of hydrogen-bond acceptors (Lipinski definition) is 6. The molecule has 0 N–H and O–H groups in total. The molecule has 43 heavy (non-hydrogen) atoms. The maximum atomic E-state index is 14.8. The summed E-state index contributed by atoms with van der Waals surface area (Å²) in [5.41, 5.74) is 3.30. The van der Waals surface area contributed by atoms with Crippen molar-refractivity contribution < 1.29 is 14.3 Å². The predicted molar refractivity (Wildman–Crippen MR) is 174 cm³/mol. The van der Waals surface area contributed by atoms with Crippen LogP contribution in [0.4, 0.5) is 0 Å². The fraction of sp³-hybridized carbons (Fsp3) is 0.314. The van der Waals surface area contributed by atoms with Gasteiger partial charge in [-0.2, -0.15) is 0 Å². The van der Waals surface area contributed by atoms with E-state index in [0.717, 1.165) is 16.7 Å². The second-order valence-corrected chi connectivity index (χ2v) is 16.2. The fourth-order valence-corrected chi connectivity index (χ4v) is 11.1. The van der Waals surface area contributed by atoms with Gasteiger partial charge in [0, 0.05) is 24.9 Å². The van der Waals surface area contributed by atoms with Crippen molar-refractivity contribution in [2.45, 2.75) is 67.6 Å². The Morgan fingerprint density at radius 3 is 1.74 bits per heavy atom. The first-order valence-corrected chi connectivity index (χ1v) is 17.8. The quantitative estimate of drug-likeness (QED) is 0.0862. The highest BCUT2D eigenvalue weighted by molar-refractivity contribution is 8.01. The molecule has 1 aliphatic rings. The number of carbonyl (C=O) groups excluding carboxylic acids is 2. The normalized spacial score (nSPS) is 19.6. The number of amides is 1. The molecule has 0 bridgehead atoms. The van der Waals surface area contributed by atoms with Gasteiger partial charge in [0.1, 0.15) is 10.7 Å². The van der Waals surface area contributed by atoms with Crippen molar-refractivity contribution in [2.24, 2.45) is 0 Å². The van der Waals surface area contributed by atoms with Crippen molar-refractivity contribution in [3.05, 3.63) is 132 Å². The van der Waals surface area contributed by atoms with E-state index in [1.807, 2.05) is 23.1 Å². The molecule has 1 fully saturated rings. The molecule has 1 saturated heterocycles. The molecule has 221 valence electrons. The Hall–Kier alpha value is -3.75. The molecule has 0 spiro atoms. The third-order valence-corrected chi connectivity index (χ3v) is 12.6. The van der Waals surface area contributed by atoms with Crippen LogP contribution in [0.25, 0.3) is 0 Å². The maximum absolute atomic E-state index is 14.8. The number of rotatable bonds is 9. The summed E-state index contributed by atoms with van der Waals surface area (Å²) < 4.78 is 5.43. The zero-order chi connectivity index (χ0) is 30.8. The van der Waals surface area contributed by atoms with Crippen LogP contribution < -0.4 is 0 Å². The number of β-lactam (4-membered cyclic amide) rings is 1. The van der Waals surface area contributed by atoms with Crippen molar-refractivity contribution in [2.75, 3.05) is 0 Å². The van der Waals surface area contributed by atoms with E-state index in [9.17, 15) is 9.59 Å². The SMILES string of the molecule is CC(=O)OC(c1cnccn1)C1([Si](C)C)C(=O)N(C(C)(C)C)C1SC(c1ccccc1)(c1ccccc1)c1ccccc1. The van der Waals surface area contributed by atoms with Crippen LogP contribution in [0.2, 0.25) is 18.1 Å². The zero-order valence-corrected chi connectivity index (χ0v) is 27.3. The number of hydrogen-bond donors (Lipinski definition) is 0. The number of ether oxygens (including phenoxy) is 1. The molecular formula is C35H38N3O3SSi. The third kappa shape index (κ3) is 5.31. The van der Waals surface area contributed by atoms with Crippen LogP contribution in [0, 0.1) is 0 Å². The van der Waals surface area contributed by atoms with E-state index in [0.29, 0.717) is 5.69 Å². The second kappa shape index (κ2) is 12.1. The topological polar surface area (TPSA) is 72.4 Å². The Labute approximate surface area is 260 Å². The molecule has 3 atom stereocenters. The molecule has 2 heterocycles. The van der Waals surface area contributed by atoms with E-state index < -0.39 is 36.2 Å². The highest BCUT2D eigenvalue weighted by atomic mass is 32.2. The fourth-order valence-electron chi connectivity index (χ4n) is 6.20. The van der Waals surface area contributed by atoms with Crippen LogP contribution >= 0.6 is 11.8 Å². The van der Waals surface area contributed by atoms with Crippen molar-refractivity contribution in [3.63, 3.8) is 0 Å². The summed E-state index contributed by atoms with van der Waals surface area (Å²) in [5, 5.41) is -1.38. The summed E-state index contributed by atoms with van der Waals surface area (Å²) in [5.74, 6) is -0.471. The largest absolute Gasteiger partial charge is 0.455 e. The highest BCUT2D eigenvalue weighted by Gasteiger charge is 2.71. The van der Waals surface area contributed by atoms with Gasteiger partial charge < -0.3 is 9.64 Å². The average Bonchev–Trinajstić information content (AvgIpc) is 2.99. The van der Waals surface area contributed by atoms with Gasteiger partial charge in [-0.3, -0.25) is 19.6 Å². The highest BCUT2D eigenvalue weighted by Crippen LogP contribution is 2.67. The number of esters is 1. The van der Waals surface area contributed by atoms with Gasteiger partial charge in [-0.05, 0) is 37.5 Å². The van der Waals surface area contributed by atoms with E-state index in [4.69, 9.17) is 4.74 Å². The third-order valence-electron chi connectivity index (χ3n) is 8.13. The minimum atomic E-state index is -1.49. The number of thioether (sulfide) groups is 1. The lowest BCUT2D eigenvalue weighted by molar-refractivity contribution is -0.172. The van der Waals surface area contributed by atoms with Gasteiger partial charge in [-0.25, -0.2) is 0 Å². The van der Waals surface area contributed by atoms with Gasteiger partial charge in [0.15, 0.2) is 6.10 Å². The first-order chi connectivity index (χ1) is 20.5. The summed E-state index contributed by atoms with van der Waals surface area (Å²) >= 11 is 1.75. The number of likely N-dealkylation sites (tertiary alicyclic amines) is 1. The van der Waals surface area contributed by atoms with Crippen LogP contribution in [0.1, 0.15) is 56.2 Å². The number of nitrogens with zero attached hydrogens (tertiary/aromatic N) is 3. The number of aromatic nitrogens is 2. The summed E-state index contributed by atoms with van der Waals surface area (Å²) in [7, 11) is -1.49. The Morgan fingerprint density at radius 2 is 1.37 bits per heavy atom. The Bertz CT molecular complexity index is 1450. The first-order valence-electron chi connectivity index (χ1n) is 14.5.